The fraction of sp³-hybridized carbons (Fsp3) is 0.0312. The van der Waals surface area contributed by atoms with Crippen molar-refractivity contribution in [1.82, 2.24) is 0 Å². The Morgan fingerprint density at radius 3 is 1.80 bits per heavy atom. The molecule has 46 heavy (non-hydrogen) atoms. The molecule has 0 aliphatic rings. The van der Waals surface area contributed by atoms with E-state index in [4.69, 9.17) is 15.6 Å². The molecule has 0 aromatic heterocycles. The van der Waals surface area contributed by atoms with Crippen molar-refractivity contribution >= 4 is 61.3 Å². The van der Waals surface area contributed by atoms with Crippen molar-refractivity contribution in [3.63, 3.8) is 0 Å². The van der Waals surface area contributed by atoms with Crippen LogP contribution in [0.3, 0.4) is 0 Å². The second-order valence-electron chi connectivity index (χ2n) is 9.40. The number of phenols is 1. The maximum Gasteiger partial charge on any atom is 0.324 e. The van der Waals surface area contributed by atoms with Crippen molar-refractivity contribution < 1.29 is 19.9 Å². The summed E-state index contributed by atoms with van der Waals surface area (Å²) in [6.45, 7) is 1.43. The third-order valence-electron chi connectivity index (χ3n) is 6.63. The van der Waals surface area contributed by atoms with Gasteiger partial charge in [0.25, 0.3) is 11.4 Å². The molecule has 2 N–H and O–H groups in total. The molecule has 6 rings (SSSR count). The summed E-state index contributed by atoms with van der Waals surface area (Å²) in [5.41, 5.74) is 2.59. The van der Waals surface area contributed by atoms with Gasteiger partial charge in [-0.2, -0.15) is 15.6 Å². The van der Waals surface area contributed by atoms with E-state index in [1.807, 2.05) is 18.3 Å². The summed E-state index contributed by atoms with van der Waals surface area (Å²) in [5, 5.41) is 68.3. The Balaban J connectivity index is 0.000000217. The zero-order chi connectivity index (χ0) is 33.4. The number of non-ortho nitro benzene ring substituents is 1. The molecule has 0 atom stereocenters. The first-order valence-electron chi connectivity index (χ1n) is 13.2. The standard InChI is InChI=1S/C24H15N3.C6H3N3O7.C2H3N/c25-14-16-4-11-21(12-5-16)27-26-15-20-9-8-19-7-6-17-2-1-3-18-10-13-22(20)24(19)23(17)18;10-6-4(8(13)14)1-3(7(11)12)2-5(6)9(15)16;1-2-3/h1-13,15,27H;1-2,10H;1H3/b26-15+;;. The Kier molecular flexibility index (Phi) is 9.56. The van der Waals surface area contributed by atoms with Crippen molar-refractivity contribution in [2.45, 2.75) is 6.92 Å². The Bertz CT molecular complexity index is 2170. The van der Waals surface area contributed by atoms with Crippen LogP contribution in [0.25, 0.3) is 32.3 Å². The summed E-state index contributed by atoms with van der Waals surface area (Å²) in [4.78, 5) is 27.8. The number of hydrogen-bond acceptors (Lipinski definition) is 11. The quantitative estimate of drug-likeness (QED) is 0.0809. The number of nitriles is 2. The molecule has 6 aromatic rings. The fourth-order valence-corrected chi connectivity index (χ4v) is 4.64. The molecule has 0 radical (unpaired) electrons. The van der Waals surface area contributed by atoms with Crippen molar-refractivity contribution in [1.29, 1.82) is 10.5 Å². The Hall–Kier alpha value is -7.19. The van der Waals surface area contributed by atoms with Gasteiger partial charge in [0.1, 0.15) is 0 Å². The molecule has 0 unspecified atom stereocenters. The molecule has 226 valence electrons. The van der Waals surface area contributed by atoms with Crippen LogP contribution in [-0.2, 0) is 0 Å². The Morgan fingerprint density at radius 2 is 1.28 bits per heavy atom. The topological polar surface area (TPSA) is 222 Å². The van der Waals surface area contributed by atoms with Gasteiger partial charge in [0.05, 0.1) is 56.5 Å². The van der Waals surface area contributed by atoms with Crippen LogP contribution in [0.5, 0.6) is 5.75 Å². The van der Waals surface area contributed by atoms with E-state index in [2.05, 4.69) is 71.2 Å². The van der Waals surface area contributed by atoms with E-state index >= 15 is 0 Å². The van der Waals surface area contributed by atoms with Gasteiger partial charge in [0.15, 0.2) is 0 Å². The monoisotopic (exact) mass is 615 g/mol. The molecule has 0 amide bonds. The highest BCUT2D eigenvalue weighted by atomic mass is 16.6. The average molecular weight is 616 g/mol. The smallest absolute Gasteiger partial charge is 0.324 e. The van der Waals surface area contributed by atoms with Gasteiger partial charge in [-0.25, -0.2) is 0 Å². The van der Waals surface area contributed by atoms with Gasteiger partial charge in [-0.15, -0.1) is 0 Å². The maximum absolute atomic E-state index is 10.4. The molecule has 6 aromatic carbocycles. The van der Waals surface area contributed by atoms with E-state index in [1.54, 1.807) is 18.2 Å². The second-order valence-corrected chi connectivity index (χ2v) is 9.40. The number of benzene rings is 6. The third kappa shape index (κ3) is 6.72. The van der Waals surface area contributed by atoms with Gasteiger partial charge in [-0.3, -0.25) is 35.8 Å². The molecule has 0 spiro atoms. The number of phenolic OH excluding ortho intramolecular Hbond substituents is 1. The number of nitro groups is 3. The summed E-state index contributed by atoms with van der Waals surface area (Å²) < 4.78 is 0. The normalized spacial score (nSPS) is 10.3. The molecular weight excluding hydrogens is 594 g/mol. The minimum atomic E-state index is -1.21. The summed E-state index contributed by atoms with van der Waals surface area (Å²) >= 11 is 0. The lowest BCUT2D eigenvalue weighted by Gasteiger charge is -2.12. The van der Waals surface area contributed by atoms with E-state index < -0.39 is 37.6 Å². The number of nitro benzene ring substituents is 3. The summed E-state index contributed by atoms with van der Waals surface area (Å²) in [7, 11) is 0. The van der Waals surface area contributed by atoms with Crippen molar-refractivity contribution in [2.24, 2.45) is 5.10 Å². The Morgan fingerprint density at radius 1 is 0.761 bits per heavy atom. The van der Waals surface area contributed by atoms with Crippen LogP contribution in [0.1, 0.15) is 18.1 Å². The molecule has 0 saturated heterocycles. The highest BCUT2D eigenvalue weighted by molar-refractivity contribution is 6.25. The van der Waals surface area contributed by atoms with Crippen molar-refractivity contribution in [2.75, 3.05) is 5.43 Å². The van der Waals surface area contributed by atoms with Crippen LogP contribution in [0.2, 0.25) is 0 Å². The Labute approximate surface area is 259 Å². The maximum atomic E-state index is 10.4. The van der Waals surface area contributed by atoms with Crippen molar-refractivity contribution in [3.05, 3.63) is 132 Å². The number of aromatic hydroxyl groups is 1. The van der Waals surface area contributed by atoms with Gasteiger partial charge < -0.3 is 5.11 Å². The summed E-state index contributed by atoms with van der Waals surface area (Å²) in [6.07, 6.45) is 1.85. The highest BCUT2D eigenvalue weighted by Crippen LogP contribution is 2.39. The minimum absolute atomic E-state index is 0.447. The predicted molar refractivity (Wildman–Crippen MR) is 172 cm³/mol. The molecule has 14 nitrogen and oxygen atoms in total. The molecular formula is C32H21N7O7. The number of anilines is 1. The molecule has 0 aliphatic carbocycles. The number of hydrazone groups is 1. The molecule has 0 aliphatic heterocycles. The first kappa shape index (κ1) is 31.7. The lowest BCUT2D eigenvalue weighted by atomic mass is 9.92. The first-order chi connectivity index (χ1) is 22.1. The van der Waals surface area contributed by atoms with E-state index in [-0.39, 0.29) is 0 Å². The van der Waals surface area contributed by atoms with E-state index in [0.717, 1.165) is 11.3 Å². The SMILES string of the molecule is CC#N.N#Cc1ccc(N/N=C/c2ccc3ccc4cccc5ccc2c3c45)cc1.O=[N+]([O-])c1cc([N+](=O)[O-])c(O)c([N+](=O)[O-])c1. The van der Waals surface area contributed by atoms with Crippen molar-refractivity contribution in [3.8, 4) is 17.9 Å². The van der Waals surface area contributed by atoms with E-state index in [0.29, 0.717) is 17.7 Å². The van der Waals surface area contributed by atoms with Crippen LogP contribution < -0.4 is 5.43 Å². The zero-order valence-electron chi connectivity index (χ0n) is 23.8. The average Bonchev–Trinajstić information content (AvgIpc) is 3.05. The first-order valence-corrected chi connectivity index (χ1v) is 13.2. The third-order valence-corrected chi connectivity index (χ3v) is 6.63. The van der Waals surface area contributed by atoms with Gasteiger partial charge >= 0.3 is 11.4 Å². The molecule has 14 heteroatoms. The number of rotatable bonds is 6. The summed E-state index contributed by atoms with van der Waals surface area (Å²) in [6, 6.07) is 31.4. The molecule has 0 fully saturated rings. The largest absolute Gasteiger partial charge is 0.497 e. The predicted octanol–water partition coefficient (Wildman–Crippen LogP) is 7.55. The van der Waals surface area contributed by atoms with Crippen LogP contribution in [-0.4, -0.2) is 26.1 Å². The number of nitrogens with zero attached hydrogens (tertiary/aromatic N) is 6. The lowest BCUT2D eigenvalue weighted by molar-refractivity contribution is -0.404. The molecule has 0 heterocycles. The van der Waals surface area contributed by atoms with Gasteiger partial charge in [-0.1, -0.05) is 54.6 Å². The molecule has 0 bridgehead atoms. The van der Waals surface area contributed by atoms with Gasteiger partial charge in [-0.05, 0) is 56.6 Å². The van der Waals surface area contributed by atoms with Gasteiger partial charge in [0, 0.05) is 12.5 Å². The van der Waals surface area contributed by atoms with E-state index in [9.17, 15) is 30.3 Å². The van der Waals surface area contributed by atoms with Crippen LogP contribution in [0.15, 0.2) is 96.1 Å². The molecule has 0 saturated carbocycles. The van der Waals surface area contributed by atoms with Crippen LogP contribution in [0, 0.1) is 53.0 Å². The lowest BCUT2D eigenvalue weighted by Crippen LogP contribution is -1.97. The van der Waals surface area contributed by atoms with Crippen LogP contribution in [0.4, 0.5) is 22.7 Å². The number of nitrogens with one attached hydrogen (secondary N) is 1. The van der Waals surface area contributed by atoms with E-state index in [1.165, 1.54) is 39.2 Å². The highest BCUT2D eigenvalue weighted by Gasteiger charge is 2.30. The number of hydrogen-bond donors (Lipinski definition) is 2. The summed E-state index contributed by atoms with van der Waals surface area (Å²) in [5.74, 6) is -1.21. The fourth-order valence-electron chi connectivity index (χ4n) is 4.64. The minimum Gasteiger partial charge on any atom is -0.497 e. The second kappa shape index (κ2) is 13.9. The zero-order valence-corrected chi connectivity index (χ0v) is 23.8. The van der Waals surface area contributed by atoms with Crippen LogP contribution >= 0.6 is 0 Å². The van der Waals surface area contributed by atoms with Gasteiger partial charge in [0.2, 0.25) is 0 Å².